The van der Waals surface area contributed by atoms with Gasteiger partial charge in [0.25, 0.3) is 0 Å². The Labute approximate surface area is 106 Å². The number of nitrogens with one attached hydrogen (secondary N) is 1. The van der Waals surface area contributed by atoms with Crippen molar-refractivity contribution in [2.24, 2.45) is 5.41 Å². The first-order valence-electron chi connectivity index (χ1n) is 5.77. The van der Waals surface area contributed by atoms with Gasteiger partial charge in [0.1, 0.15) is 11.3 Å². The SMILES string of the molecule is CCC(C)(C)Cn1c(=S)[nH]c2c(N)nccc21. The molecular formula is C12H18N4S. The lowest BCUT2D eigenvalue weighted by atomic mass is 9.90. The monoisotopic (exact) mass is 250 g/mol. The maximum absolute atomic E-state index is 5.83. The van der Waals surface area contributed by atoms with Crippen LogP contribution in [0.5, 0.6) is 0 Å². The number of rotatable bonds is 3. The van der Waals surface area contributed by atoms with Crippen molar-refractivity contribution in [3.8, 4) is 0 Å². The standard InChI is InChI=1S/C12H18N4S/c1-4-12(2,3)7-16-8-5-6-14-10(13)9(8)15-11(16)17/h5-6H,4,7H2,1-3H3,(H2,13,14)(H,15,17). The number of fused-ring (bicyclic) bond motifs is 1. The fraction of sp³-hybridized carbons (Fsp3) is 0.500. The van der Waals surface area contributed by atoms with Crippen LogP contribution < -0.4 is 5.73 Å². The van der Waals surface area contributed by atoms with Crippen LogP contribution in [-0.2, 0) is 6.54 Å². The topological polar surface area (TPSA) is 59.6 Å². The lowest BCUT2D eigenvalue weighted by Gasteiger charge is -2.23. The minimum atomic E-state index is 0.214. The molecule has 0 amide bonds. The minimum Gasteiger partial charge on any atom is -0.382 e. The number of nitrogens with two attached hydrogens (primary N) is 1. The Morgan fingerprint density at radius 1 is 1.53 bits per heavy atom. The molecule has 0 fully saturated rings. The quantitative estimate of drug-likeness (QED) is 0.823. The van der Waals surface area contributed by atoms with E-state index in [4.69, 9.17) is 18.0 Å². The van der Waals surface area contributed by atoms with E-state index in [0.29, 0.717) is 10.6 Å². The second-order valence-electron chi connectivity index (χ2n) is 5.12. The minimum absolute atomic E-state index is 0.214. The number of nitrogens with zero attached hydrogens (tertiary/aromatic N) is 2. The maximum atomic E-state index is 5.83. The molecule has 0 spiro atoms. The van der Waals surface area contributed by atoms with E-state index >= 15 is 0 Å². The predicted molar refractivity (Wildman–Crippen MR) is 73.4 cm³/mol. The number of aromatic amines is 1. The summed E-state index contributed by atoms with van der Waals surface area (Å²) in [5, 5.41) is 0. The molecule has 2 heterocycles. The van der Waals surface area contributed by atoms with Crippen LogP contribution in [-0.4, -0.2) is 14.5 Å². The van der Waals surface area contributed by atoms with Gasteiger partial charge in [0.15, 0.2) is 4.77 Å². The molecule has 0 saturated carbocycles. The molecule has 0 bridgehead atoms. The summed E-state index contributed by atoms with van der Waals surface area (Å²) >= 11 is 5.35. The number of nitrogen functional groups attached to an aromatic ring is 1. The summed E-state index contributed by atoms with van der Waals surface area (Å²) in [6.45, 7) is 7.54. The molecule has 2 rings (SSSR count). The first kappa shape index (κ1) is 12.1. The molecule has 5 heteroatoms. The van der Waals surface area contributed by atoms with Crippen molar-refractivity contribution in [2.45, 2.75) is 33.7 Å². The molecule has 2 aromatic heterocycles. The molecule has 0 aliphatic rings. The zero-order valence-corrected chi connectivity index (χ0v) is 11.3. The van der Waals surface area contributed by atoms with E-state index < -0.39 is 0 Å². The summed E-state index contributed by atoms with van der Waals surface area (Å²) in [5.74, 6) is 0.502. The van der Waals surface area contributed by atoms with Crippen molar-refractivity contribution in [1.82, 2.24) is 14.5 Å². The van der Waals surface area contributed by atoms with Crippen LogP contribution in [0.2, 0.25) is 0 Å². The Hall–Kier alpha value is -1.36. The lowest BCUT2D eigenvalue weighted by Crippen LogP contribution is -2.18. The van der Waals surface area contributed by atoms with Crippen LogP contribution in [0, 0.1) is 10.2 Å². The molecule has 0 unspecified atom stereocenters. The number of hydrogen-bond donors (Lipinski definition) is 2. The van der Waals surface area contributed by atoms with E-state index in [1.807, 2.05) is 6.07 Å². The first-order valence-corrected chi connectivity index (χ1v) is 6.18. The number of aromatic nitrogens is 3. The number of H-pyrrole nitrogens is 1. The third kappa shape index (κ3) is 2.20. The van der Waals surface area contributed by atoms with Crippen LogP contribution in [0.3, 0.4) is 0 Å². The Morgan fingerprint density at radius 3 is 2.88 bits per heavy atom. The summed E-state index contributed by atoms with van der Waals surface area (Å²) in [4.78, 5) is 7.20. The van der Waals surface area contributed by atoms with Gasteiger partial charge >= 0.3 is 0 Å². The van der Waals surface area contributed by atoms with E-state index in [9.17, 15) is 0 Å². The van der Waals surface area contributed by atoms with Gasteiger partial charge in [-0.2, -0.15) is 0 Å². The molecular weight excluding hydrogens is 232 g/mol. The van der Waals surface area contributed by atoms with Gasteiger partial charge in [-0.1, -0.05) is 20.8 Å². The van der Waals surface area contributed by atoms with Gasteiger partial charge in [0, 0.05) is 12.7 Å². The largest absolute Gasteiger partial charge is 0.382 e. The highest BCUT2D eigenvalue weighted by atomic mass is 32.1. The summed E-state index contributed by atoms with van der Waals surface area (Å²) in [5.41, 5.74) is 7.92. The molecule has 0 aromatic carbocycles. The third-order valence-electron chi connectivity index (χ3n) is 3.27. The zero-order chi connectivity index (χ0) is 12.6. The number of anilines is 1. The highest BCUT2D eigenvalue weighted by Gasteiger charge is 2.18. The van der Waals surface area contributed by atoms with E-state index in [1.165, 1.54) is 0 Å². The first-order chi connectivity index (χ1) is 7.94. The molecule has 3 N–H and O–H groups in total. The van der Waals surface area contributed by atoms with Gasteiger partial charge in [-0.05, 0) is 30.1 Å². The second kappa shape index (κ2) is 4.14. The van der Waals surface area contributed by atoms with Gasteiger partial charge in [0.2, 0.25) is 0 Å². The number of hydrogen-bond acceptors (Lipinski definition) is 3. The lowest BCUT2D eigenvalue weighted by molar-refractivity contribution is 0.297. The predicted octanol–water partition coefficient (Wildman–Crippen LogP) is 3.11. The van der Waals surface area contributed by atoms with Crippen LogP contribution in [0.25, 0.3) is 11.0 Å². The Kier molecular flexibility index (Phi) is 2.95. The highest BCUT2D eigenvalue weighted by Crippen LogP contribution is 2.26. The molecule has 4 nitrogen and oxygen atoms in total. The molecule has 0 radical (unpaired) electrons. The molecule has 0 atom stereocenters. The molecule has 92 valence electrons. The Morgan fingerprint density at radius 2 is 2.24 bits per heavy atom. The average molecular weight is 250 g/mol. The number of imidazole rings is 1. The summed E-state index contributed by atoms with van der Waals surface area (Å²) in [6.07, 6.45) is 2.82. The smallest absolute Gasteiger partial charge is 0.178 e. The Bertz CT molecular complexity index is 594. The second-order valence-corrected chi connectivity index (χ2v) is 5.51. The van der Waals surface area contributed by atoms with Crippen molar-refractivity contribution in [3.05, 3.63) is 17.0 Å². The molecule has 2 aromatic rings. The summed E-state index contributed by atoms with van der Waals surface area (Å²) in [6, 6.07) is 1.95. The van der Waals surface area contributed by atoms with E-state index in [2.05, 4.69) is 35.3 Å². The summed E-state index contributed by atoms with van der Waals surface area (Å²) < 4.78 is 2.81. The molecule has 17 heavy (non-hydrogen) atoms. The molecule has 0 aliphatic heterocycles. The van der Waals surface area contributed by atoms with Gasteiger partial charge in [-0.3, -0.25) is 0 Å². The van der Waals surface area contributed by atoms with E-state index in [1.54, 1.807) is 6.20 Å². The molecule has 0 saturated heterocycles. The summed E-state index contributed by atoms with van der Waals surface area (Å²) in [7, 11) is 0. The molecule has 0 aliphatic carbocycles. The van der Waals surface area contributed by atoms with Crippen molar-refractivity contribution in [1.29, 1.82) is 0 Å². The van der Waals surface area contributed by atoms with Crippen molar-refractivity contribution in [3.63, 3.8) is 0 Å². The normalized spacial score (nSPS) is 12.2. The maximum Gasteiger partial charge on any atom is 0.178 e. The van der Waals surface area contributed by atoms with Gasteiger partial charge in [-0.25, -0.2) is 4.98 Å². The van der Waals surface area contributed by atoms with Crippen LogP contribution in [0.1, 0.15) is 27.2 Å². The number of pyridine rings is 1. The van der Waals surface area contributed by atoms with Crippen molar-refractivity contribution >= 4 is 29.1 Å². The van der Waals surface area contributed by atoms with Gasteiger partial charge in [-0.15, -0.1) is 0 Å². The Balaban J connectivity index is 2.58. The third-order valence-corrected chi connectivity index (χ3v) is 3.59. The van der Waals surface area contributed by atoms with Crippen LogP contribution >= 0.6 is 12.2 Å². The van der Waals surface area contributed by atoms with Crippen LogP contribution in [0.15, 0.2) is 12.3 Å². The van der Waals surface area contributed by atoms with E-state index in [0.717, 1.165) is 24.0 Å². The van der Waals surface area contributed by atoms with Crippen molar-refractivity contribution in [2.75, 3.05) is 5.73 Å². The fourth-order valence-electron chi connectivity index (χ4n) is 1.80. The van der Waals surface area contributed by atoms with Crippen molar-refractivity contribution < 1.29 is 0 Å². The highest BCUT2D eigenvalue weighted by molar-refractivity contribution is 7.71. The fourth-order valence-corrected chi connectivity index (χ4v) is 2.07. The van der Waals surface area contributed by atoms with E-state index in [-0.39, 0.29) is 5.41 Å². The average Bonchev–Trinajstić information content (AvgIpc) is 2.58. The zero-order valence-electron chi connectivity index (χ0n) is 10.4. The van der Waals surface area contributed by atoms with Crippen LogP contribution in [0.4, 0.5) is 5.82 Å². The van der Waals surface area contributed by atoms with Gasteiger partial charge < -0.3 is 15.3 Å². The van der Waals surface area contributed by atoms with Gasteiger partial charge in [0.05, 0.1) is 5.52 Å².